The molecule has 132 valence electrons. The van der Waals surface area contributed by atoms with E-state index in [-0.39, 0.29) is 11.9 Å². The summed E-state index contributed by atoms with van der Waals surface area (Å²) in [5.41, 5.74) is 2.53. The van der Waals surface area contributed by atoms with Crippen LogP contribution in [-0.4, -0.2) is 55.7 Å². The summed E-state index contributed by atoms with van der Waals surface area (Å²) in [7, 11) is 3.98. The third kappa shape index (κ3) is 4.32. The van der Waals surface area contributed by atoms with Crippen LogP contribution in [0.2, 0.25) is 0 Å². The van der Waals surface area contributed by atoms with Gasteiger partial charge >= 0.3 is 0 Å². The summed E-state index contributed by atoms with van der Waals surface area (Å²) in [6.07, 6.45) is 2.28. The van der Waals surface area contributed by atoms with Gasteiger partial charge < -0.3 is 10.2 Å². The van der Waals surface area contributed by atoms with Crippen LogP contribution in [0.4, 0.5) is 5.82 Å². The minimum absolute atomic E-state index is 0.0485. The number of rotatable bonds is 8. The highest BCUT2D eigenvalue weighted by molar-refractivity contribution is 5.97. The van der Waals surface area contributed by atoms with Crippen LogP contribution in [-0.2, 0) is 0 Å². The molecule has 1 saturated carbocycles. The van der Waals surface area contributed by atoms with Crippen molar-refractivity contribution < 1.29 is 4.79 Å². The first-order valence-corrected chi connectivity index (χ1v) is 8.55. The molecule has 0 atom stereocenters. The molecule has 0 aromatic carbocycles. The molecule has 1 aromatic heterocycles. The lowest BCUT2D eigenvalue weighted by molar-refractivity contribution is 0.0950. The third-order valence-electron chi connectivity index (χ3n) is 4.21. The van der Waals surface area contributed by atoms with Crippen LogP contribution in [0.15, 0.2) is 11.2 Å². The van der Waals surface area contributed by atoms with Crippen molar-refractivity contribution in [2.45, 2.75) is 45.6 Å². The molecule has 0 radical (unpaired) electrons. The van der Waals surface area contributed by atoms with Gasteiger partial charge in [-0.3, -0.25) is 4.79 Å². The number of hydrazone groups is 1. The first kappa shape index (κ1) is 18.4. The van der Waals surface area contributed by atoms with Crippen molar-refractivity contribution in [3.05, 3.63) is 22.9 Å². The smallest absolute Gasteiger partial charge is 0.251 e. The molecule has 1 fully saturated rings. The summed E-state index contributed by atoms with van der Waals surface area (Å²) >= 11 is 0. The zero-order chi connectivity index (χ0) is 17.9. The quantitative estimate of drug-likeness (QED) is 0.587. The summed E-state index contributed by atoms with van der Waals surface area (Å²) in [4.78, 5) is 19.5. The number of aromatic nitrogens is 1. The predicted octanol–water partition coefficient (Wildman–Crippen LogP) is 2.39. The number of amides is 1. The maximum Gasteiger partial charge on any atom is 0.251 e. The van der Waals surface area contributed by atoms with Gasteiger partial charge in [-0.15, -0.1) is 0 Å². The Labute approximate surface area is 144 Å². The molecule has 0 saturated heterocycles. The molecule has 1 aliphatic carbocycles. The van der Waals surface area contributed by atoms with E-state index < -0.39 is 0 Å². The maximum atomic E-state index is 12.7. The largest absolute Gasteiger partial charge is 0.351 e. The lowest BCUT2D eigenvalue weighted by Gasteiger charge is -2.25. The predicted molar refractivity (Wildman–Crippen MR) is 99.0 cm³/mol. The lowest BCUT2D eigenvalue weighted by atomic mass is 10.1. The van der Waals surface area contributed by atoms with Gasteiger partial charge in [-0.25, -0.2) is 9.99 Å². The van der Waals surface area contributed by atoms with E-state index in [0.29, 0.717) is 18.0 Å². The summed E-state index contributed by atoms with van der Waals surface area (Å²) < 4.78 is 0. The normalized spacial score (nSPS) is 14.1. The zero-order valence-corrected chi connectivity index (χ0v) is 15.5. The molecule has 1 N–H and O–H groups in total. The minimum atomic E-state index is -0.0485. The Morgan fingerprint density at radius 2 is 2.12 bits per heavy atom. The fourth-order valence-electron chi connectivity index (χ4n) is 2.63. The van der Waals surface area contributed by atoms with Crippen molar-refractivity contribution in [3.63, 3.8) is 0 Å². The van der Waals surface area contributed by atoms with Gasteiger partial charge in [0.1, 0.15) is 0 Å². The number of likely N-dealkylation sites (N-methyl/N-ethyl adjacent to an activating group) is 1. The number of anilines is 1. The van der Waals surface area contributed by atoms with Crippen molar-refractivity contribution in [1.82, 2.24) is 15.2 Å². The molecule has 0 aliphatic heterocycles. The van der Waals surface area contributed by atoms with E-state index in [1.54, 1.807) is 5.01 Å². The highest BCUT2D eigenvalue weighted by Gasteiger charge is 2.29. The van der Waals surface area contributed by atoms with Crippen molar-refractivity contribution in [2.75, 3.05) is 32.2 Å². The van der Waals surface area contributed by atoms with Crippen LogP contribution in [0.25, 0.3) is 0 Å². The van der Waals surface area contributed by atoms with Gasteiger partial charge in [0.15, 0.2) is 5.82 Å². The third-order valence-corrected chi connectivity index (χ3v) is 4.21. The van der Waals surface area contributed by atoms with E-state index in [0.717, 1.165) is 36.5 Å². The first-order valence-electron chi connectivity index (χ1n) is 8.55. The van der Waals surface area contributed by atoms with E-state index in [1.165, 1.54) is 0 Å². The fourth-order valence-corrected chi connectivity index (χ4v) is 2.63. The Morgan fingerprint density at radius 3 is 2.62 bits per heavy atom. The van der Waals surface area contributed by atoms with E-state index in [9.17, 15) is 4.79 Å². The topological polar surface area (TPSA) is 60.8 Å². The van der Waals surface area contributed by atoms with Gasteiger partial charge in [0.2, 0.25) is 0 Å². The Bertz CT molecular complexity index is 608. The minimum Gasteiger partial charge on any atom is -0.351 e. The maximum absolute atomic E-state index is 12.7. The van der Waals surface area contributed by atoms with Crippen LogP contribution in [0.5, 0.6) is 0 Å². The number of carbonyl (C=O) groups is 1. The van der Waals surface area contributed by atoms with Crippen LogP contribution in [0.1, 0.15) is 54.2 Å². The molecule has 1 aromatic rings. The second-order valence-electron chi connectivity index (χ2n) is 6.96. The SMILES string of the molecule is C=NN(c1nc(C2CC2)cc(C(=O)NCCN(C)C)c1C)C(C)C. The first-order chi connectivity index (χ1) is 11.3. The molecule has 0 bridgehead atoms. The number of hydrogen-bond acceptors (Lipinski definition) is 5. The lowest BCUT2D eigenvalue weighted by Crippen LogP contribution is -2.33. The molecular weight excluding hydrogens is 302 g/mol. The number of nitrogens with zero attached hydrogens (tertiary/aromatic N) is 4. The van der Waals surface area contributed by atoms with Crippen molar-refractivity contribution >= 4 is 18.4 Å². The van der Waals surface area contributed by atoms with Crippen molar-refractivity contribution in [2.24, 2.45) is 5.10 Å². The monoisotopic (exact) mass is 331 g/mol. The molecule has 24 heavy (non-hydrogen) atoms. The Kier molecular flexibility index (Phi) is 5.94. The molecule has 1 heterocycles. The van der Waals surface area contributed by atoms with Gasteiger partial charge in [0.25, 0.3) is 5.91 Å². The van der Waals surface area contributed by atoms with Gasteiger partial charge in [-0.2, -0.15) is 5.10 Å². The summed E-state index contributed by atoms with van der Waals surface area (Å²) in [5, 5.41) is 8.90. The summed E-state index contributed by atoms with van der Waals surface area (Å²) in [6, 6.07) is 2.08. The van der Waals surface area contributed by atoms with E-state index in [2.05, 4.69) is 17.1 Å². The Morgan fingerprint density at radius 1 is 1.46 bits per heavy atom. The Balaban J connectivity index is 2.34. The van der Waals surface area contributed by atoms with Crippen LogP contribution in [0, 0.1) is 6.92 Å². The molecule has 0 spiro atoms. The van der Waals surface area contributed by atoms with Gasteiger partial charge in [0.05, 0.1) is 0 Å². The molecule has 6 heteroatoms. The number of nitrogens with one attached hydrogen (secondary N) is 1. The van der Waals surface area contributed by atoms with Gasteiger partial charge in [-0.1, -0.05) is 0 Å². The molecule has 0 unspecified atom stereocenters. The molecule has 1 aliphatic rings. The molecular formula is C18H29N5O. The van der Waals surface area contributed by atoms with Gasteiger partial charge in [-0.05, 0) is 53.8 Å². The summed E-state index contributed by atoms with van der Waals surface area (Å²) in [6.45, 7) is 11.1. The van der Waals surface area contributed by atoms with E-state index in [4.69, 9.17) is 4.98 Å². The fraction of sp³-hybridized carbons (Fsp3) is 0.611. The average molecular weight is 331 g/mol. The Hall–Kier alpha value is -1.95. The van der Waals surface area contributed by atoms with Crippen LogP contribution in [0.3, 0.4) is 0 Å². The number of carbonyl (C=O) groups excluding carboxylic acids is 1. The van der Waals surface area contributed by atoms with Gasteiger partial charge in [0, 0.05) is 48.6 Å². The zero-order valence-electron chi connectivity index (χ0n) is 15.5. The van der Waals surface area contributed by atoms with E-state index in [1.807, 2.05) is 45.8 Å². The molecule has 2 rings (SSSR count). The summed E-state index contributed by atoms with van der Waals surface area (Å²) in [5.74, 6) is 1.16. The second kappa shape index (κ2) is 7.75. The van der Waals surface area contributed by atoms with Crippen LogP contribution < -0.4 is 10.3 Å². The van der Waals surface area contributed by atoms with Crippen LogP contribution >= 0.6 is 0 Å². The highest BCUT2D eigenvalue weighted by atomic mass is 16.1. The van der Waals surface area contributed by atoms with Crippen molar-refractivity contribution in [1.29, 1.82) is 0 Å². The standard InChI is InChI=1S/C18H29N5O/c1-12(2)23(19-4)17-13(3)15(11-16(21-17)14-7-8-14)18(24)20-9-10-22(5)6/h11-12,14H,4,7-10H2,1-3,5-6H3,(H,20,24). The second-order valence-corrected chi connectivity index (χ2v) is 6.96. The molecule has 1 amide bonds. The van der Waals surface area contributed by atoms with E-state index >= 15 is 0 Å². The molecule has 6 nitrogen and oxygen atoms in total. The highest BCUT2D eigenvalue weighted by Crippen LogP contribution is 2.41. The van der Waals surface area contributed by atoms with Crippen molar-refractivity contribution in [3.8, 4) is 0 Å². The average Bonchev–Trinajstić information content (AvgIpc) is 3.33. The number of pyridine rings is 1. The number of hydrogen-bond donors (Lipinski definition) is 1.